The topological polar surface area (TPSA) is 52.6 Å². The van der Waals surface area contributed by atoms with Gasteiger partial charge in [-0.3, -0.25) is 9.69 Å². The van der Waals surface area contributed by atoms with Crippen LogP contribution in [0.3, 0.4) is 0 Å². The Morgan fingerprint density at radius 2 is 2.12 bits per heavy atom. The molecule has 1 saturated carbocycles. The van der Waals surface area contributed by atoms with E-state index < -0.39 is 12.0 Å². The molecule has 0 heterocycles. The molecular formula is C12H24N2O2. The van der Waals surface area contributed by atoms with E-state index in [-0.39, 0.29) is 0 Å². The number of carboxylic acid groups (broad SMARTS) is 1. The van der Waals surface area contributed by atoms with Gasteiger partial charge in [0.2, 0.25) is 0 Å². The smallest absolute Gasteiger partial charge is 0.322 e. The predicted octanol–water partition coefficient (Wildman–Crippen LogP) is 1.17. The van der Waals surface area contributed by atoms with Gasteiger partial charge < -0.3 is 10.4 Å². The lowest BCUT2D eigenvalue weighted by Crippen LogP contribution is -2.45. The van der Waals surface area contributed by atoms with Crippen molar-refractivity contribution in [1.29, 1.82) is 0 Å². The van der Waals surface area contributed by atoms with Gasteiger partial charge in [-0.2, -0.15) is 0 Å². The summed E-state index contributed by atoms with van der Waals surface area (Å²) >= 11 is 0. The van der Waals surface area contributed by atoms with Crippen molar-refractivity contribution >= 4 is 5.97 Å². The van der Waals surface area contributed by atoms with Crippen molar-refractivity contribution < 1.29 is 9.90 Å². The molecule has 1 fully saturated rings. The van der Waals surface area contributed by atoms with Crippen LogP contribution in [0.25, 0.3) is 0 Å². The zero-order valence-corrected chi connectivity index (χ0v) is 10.6. The SMILES string of the molecule is CNC(CN(CCC(C)C)C1CC1)C(=O)O. The highest BCUT2D eigenvalue weighted by Gasteiger charge is 2.31. The van der Waals surface area contributed by atoms with Gasteiger partial charge in [-0.1, -0.05) is 13.8 Å². The van der Waals surface area contributed by atoms with E-state index in [0.717, 1.165) is 13.0 Å². The number of hydrogen-bond acceptors (Lipinski definition) is 3. The van der Waals surface area contributed by atoms with Gasteiger partial charge in [-0.15, -0.1) is 0 Å². The van der Waals surface area contributed by atoms with Gasteiger partial charge in [-0.05, 0) is 38.8 Å². The van der Waals surface area contributed by atoms with Crippen LogP contribution < -0.4 is 5.32 Å². The van der Waals surface area contributed by atoms with Crippen molar-refractivity contribution in [1.82, 2.24) is 10.2 Å². The molecule has 1 aliphatic rings. The molecule has 0 aromatic carbocycles. The first kappa shape index (κ1) is 13.5. The largest absolute Gasteiger partial charge is 0.480 e. The maximum absolute atomic E-state index is 11.0. The molecular weight excluding hydrogens is 204 g/mol. The third-order valence-electron chi connectivity index (χ3n) is 3.12. The second-order valence-corrected chi connectivity index (χ2v) is 5.09. The van der Waals surface area contributed by atoms with E-state index in [1.54, 1.807) is 7.05 Å². The van der Waals surface area contributed by atoms with E-state index in [1.807, 2.05) is 0 Å². The Hall–Kier alpha value is -0.610. The average Bonchev–Trinajstić information content (AvgIpc) is 3.01. The summed E-state index contributed by atoms with van der Waals surface area (Å²) in [5.74, 6) is -0.0724. The lowest BCUT2D eigenvalue weighted by molar-refractivity contribution is -0.139. The highest BCUT2D eigenvalue weighted by Crippen LogP contribution is 2.27. The van der Waals surface area contributed by atoms with Crippen molar-refractivity contribution in [3.8, 4) is 0 Å². The first-order chi connectivity index (χ1) is 7.54. The van der Waals surface area contributed by atoms with Gasteiger partial charge in [0.05, 0.1) is 0 Å². The third kappa shape index (κ3) is 4.49. The predicted molar refractivity (Wildman–Crippen MR) is 64.5 cm³/mol. The number of hydrogen-bond donors (Lipinski definition) is 2. The fourth-order valence-corrected chi connectivity index (χ4v) is 1.81. The van der Waals surface area contributed by atoms with Gasteiger partial charge in [0.1, 0.15) is 6.04 Å². The lowest BCUT2D eigenvalue weighted by Gasteiger charge is -2.26. The minimum atomic E-state index is -0.752. The normalized spacial score (nSPS) is 18.1. The first-order valence-electron chi connectivity index (χ1n) is 6.18. The van der Waals surface area contributed by atoms with Crippen molar-refractivity contribution in [2.24, 2.45) is 5.92 Å². The highest BCUT2D eigenvalue weighted by atomic mass is 16.4. The molecule has 0 saturated heterocycles. The van der Waals surface area contributed by atoms with Crippen LogP contribution >= 0.6 is 0 Å². The van der Waals surface area contributed by atoms with Crippen LogP contribution in [0.2, 0.25) is 0 Å². The van der Waals surface area contributed by atoms with Crippen LogP contribution in [-0.4, -0.2) is 48.2 Å². The Kier molecular flexibility index (Phi) is 5.22. The molecule has 1 rings (SSSR count). The van der Waals surface area contributed by atoms with Gasteiger partial charge in [-0.25, -0.2) is 0 Å². The van der Waals surface area contributed by atoms with E-state index >= 15 is 0 Å². The molecule has 0 bridgehead atoms. The molecule has 0 spiro atoms. The zero-order valence-electron chi connectivity index (χ0n) is 10.6. The Morgan fingerprint density at radius 1 is 1.50 bits per heavy atom. The standard InChI is InChI=1S/C12H24N2O2/c1-9(2)6-7-14(10-4-5-10)8-11(13-3)12(15)16/h9-11,13H,4-8H2,1-3H3,(H,15,16). The summed E-state index contributed by atoms with van der Waals surface area (Å²) in [7, 11) is 1.71. The van der Waals surface area contributed by atoms with Crippen LogP contribution in [0.4, 0.5) is 0 Å². The second-order valence-electron chi connectivity index (χ2n) is 5.09. The summed E-state index contributed by atoms with van der Waals surface area (Å²) in [6.07, 6.45) is 3.61. The summed E-state index contributed by atoms with van der Waals surface area (Å²) in [6, 6.07) is 0.196. The fourth-order valence-electron chi connectivity index (χ4n) is 1.81. The zero-order chi connectivity index (χ0) is 12.1. The minimum Gasteiger partial charge on any atom is -0.480 e. The Morgan fingerprint density at radius 3 is 2.50 bits per heavy atom. The summed E-state index contributed by atoms with van der Waals surface area (Å²) < 4.78 is 0. The van der Waals surface area contributed by atoms with Gasteiger partial charge in [0.25, 0.3) is 0 Å². The summed E-state index contributed by atoms with van der Waals surface area (Å²) in [4.78, 5) is 13.3. The van der Waals surface area contributed by atoms with Gasteiger partial charge in [0.15, 0.2) is 0 Å². The Balaban J connectivity index is 2.40. The number of likely N-dealkylation sites (N-methyl/N-ethyl adjacent to an activating group) is 1. The van der Waals surface area contributed by atoms with Crippen LogP contribution in [0, 0.1) is 5.92 Å². The number of rotatable bonds is 8. The van der Waals surface area contributed by atoms with E-state index in [0.29, 0.717) is 18.5 Å². The summed E-state index contributed by atoms with van der Waals surface area (Å²) in [5.41, 5.74) is 0. The molecule has 4 heteroatoms. The first-order valence-corrected chi connectivity index (χ1v) is 6.18. The van der Waals surface area contributed by atoms with E-state index in [1.165, 1.54) is 12.8 Å². The number of nitrogens with zero attached hydrogens (tertiary/aromatic N) is 1. The lowest BCUT2D eigenvalue weighted by atomic mass is 10.1. The molecule has 0 aliphatic heterocycles. The number of aliphatic carboxylic acids is 1. The molecule has 4 nitrogen and oxygen atoms in total. The van der Waals surface area contributed by atoms with Crippen LogP contribution in [0.15, 0.2) is 0 Å². The fraction of sp³-hybridized carbons (Fsp3) is 0.917. The number of carboxylic acids is 1. The highest BCUT2D eigenvalue weighted by molar-refractivity contribution is 5.73. The molecule has 0 amide bonds. The van der Waals surface area contributed by atoms with Crippen molar-refractivity contribution in [2.45, 2.75) is 45.2 Å². The quantitative estimate of drug-likeness (QED) is 0.655. The Bertz CT molecular complexity index is 227. The van der Waals surface area contributed by atoms with Crippen molar-refractivity contribution in [3.05, 3.63) is 0 Å². The van der Waals surface area contributed by atoms with Crippen LogP contribution in [0.5, 0.6) is 0 Å². The van der Waals surface area contributed by atoms with Crippen molar-refractivity contribution in [2.75, 3.05) is 20.1 Å². The minimum absolute atomic E-state index is 0.437. The molecule has 0 aromatic rings. The van der Waals surface area contributed by atoms with Crippen LogP contribution in [0.1, 0.15) is 33.1 Å². The molecule has 0 radical (unpaired) electrons. The second kappa shape index (κ2) is 6.21. The third-order valence-corrected chi connectivity index (χ3v) is 3.12. The monoisotopic (exact) mass is 228 g/mol. The molecule has 2 N–H and O–H groups in total. The number of nitrogens with one attached hydrogen (secondary N) is 1. The summed E-state index contributed by atoms with van der Waals surface area (Å²) in [6.45, 7) is 6.06. The van der Waals surface area contributed by atoms with Crippen molar-refractivity contribution in [3.63, 3.8) is 0 Å². The molecule has 1 atom stereocenters. The van der Waals surface area contributed by atoms with Crippen LogP contribution in [-0.2, 0) is 4.79 Å². The van der Waals surface area contributed by atoms with E-state index in [2.05, 4.69) is 24.1 Å². The molecule has 0 aromatic heterocycles. The van der Waals surface area contributed by atoms with E-state index in [4.69, 9.17) is 5.11 Å². The van der Waals surface area contributed by atoms with E-state index in [9.17, 15) is 4.79 Å². The average molecular weight is 228 g/mol. The maximum atomic E-state index is 11.0. The van der Waals surface area contributed by atoms with Gasteiger partial charge >= 0.3 is 5.97 Å². The number of carbonyl (C=O) groups is 1. The summed E-state index contributed by atoms with van der Waals surface area (Å²) in [5, 5.41) is 11.9. The molecule has 1 unspecified atom stereocenters. The molecule has 1 aliphatic carbocycles. The maximum Gasteiger partial charge on any atom is 0.322 e. The molecule has 94 valence electrons. The van der Waals surface area contributed by atoms with Gasteiger partial charge in [0, 0.05) is 12.6 Å². The Labute approximate surface area is 98.0 Å². The molecule has 16 heavy (non-hydrogen) atoms.